The predicted molar refractivity (Wildman–Crippen MR) is 89.2 cm³/mol. The van der Waals surface area contributed by atoms with Gasteiger partial charge in [-0.3, -0.25) is 9.59 Å². The molecule has 3 heterocycles. The van der Waals surface area contributed by atoms with Crippen molar-refractivity contribution in [2.75, 3.05) is 19.6 Å². The van der Waals surface area contributed by atoms with E-state index in [9.17, 15) is 9.59 Å². The van der Waals surface area contributed by atoms with Gasteiger partial charge in [-0.2, -0.15) is 0 Å². The minimum Gasteiger partial charge on any atom is -0.348 e. The number of aromatic amines is 1. The summed E-state index contributed by atoms with van der Waals surface area (Å²) < 4.78 is 0. The maximum atomic E-state index is 12.8. The largest absolute Gasteiger partial charge is 0.348 e. The van der Waals surface area contributed by atoms with E-state index in [1.165, 1.54) is 18.5 Å². The van der Waals surface area contributed by atoms with E-state index in [2.05, 4.69) is 9.97 Å². The number of hydrogen-bond acceptors (Lipinski definition) is 3. The summed E-state index contributed by atoms with van der Waals surface area (Å²) in [6.45, 7) is 2.22. The highest BCUT2D eigenvalue weighted by Gasteiger charge is 2.40. The lowest BCUT2D eigenvalue weighted by Gasteiger charge is -2.33. The number of nitrogens with zero attached hydrogens (tertiary/aromatic N) is 3. The summed E-state index contributed by atoms with van der Waals surface area (Å²) in [5, 5.41) is 0. The molecule has 130 valence electrons. The van der Waals surface area contributed by atoms with Gasteiger partial charge in [0.2, 0.25) is 11.8 Å². The fourth-order valence-corrected chi connectivity index (χ4v) is 4.62. The predicted octanol–water partition coefficient (Wildman–Crippen LogP) is 1.91. The van der Waals surface area contributed by atoms with E-state index in [4.69, 9.17) is 0 Å². The summed E-state index contributed by atoms with van der Waals surface area (Å²) in [4.78, 5) is 36.4. The number of carbonyl (C=O) groups excluding carboxylic acids is 2. The molecule has 0 spiro atoms. The average molecular weight is 330 g/mol. The van der Waals surface area contributed by atoms with Crippen LogP contribution >= 0.6 is 0 Å². The van der Waals surface area contributed by atoms with Crippen LogP contribution in [-0.2, 0) is 9.59 Å². The Hall–Kier alpha value is -1.85. The number of nitrogens with one attached hydrogen (secondary N) is 1. The van der Waals surface area contributed by atoms with Crippen LogP contribution in [0, 0.1) is 5.92 Å². The highest BCUT2D eigenvalue weighted by molar-refractivity contribution is 5.89. The Labute approximate surface area is 142 Å². The molecule has 2 aliphatic heterocycles. The van der Waals surface area contributed by atoms with Gasteiger partial charge in [0, 0.05) is 49.9 Å². The van der Waals surface area contributed by atoms with Gasteiger partial charge in [0.1, 0.15) is 0 Å². The number of rotatable bonds is 3. The molecule has 6 nitrogen and oxygen atoms in total. The van der Waals surface area contributed by atoms with Crippen LogP contribution in [0.1, 0.15) is 56.6 Å². The fraction of sp³-hybridized carbons (Fsp3) is 0.722. The third kappa shape index (κ3) is 2.94. The van der Waals surface area contributed by atoms with Crippen molar-refractivity contribution in [3.05, 3.63) is 18.2 Å². The molecule has 4 rings (SSSR count). The SMILES string of the molecule is O=C(C1CC(=O)N(C2CCCC2)C1)N1CCC(c2cnc[nH]2)CC1. The third-order valence-electron chi connectivity index (χ3n) is 6.04. The monoisotopic (exact) mass is 330 g/mol. The van der Waals surface area contributed by atoms with Crippen LogP contribution in [0.5, 0.6) is 0 Å². The molecule has 0 radical (unpaired) electrons. The molecule has 1 aliphatic carbocycles. The number of imidazole rings is 1. The van der Waals surface area contributed by atoms with Crippen LogP contribution in [0.3, 0.4) is 0 Å². The Kier molecular flexibility index (Phi) is 4.29. The van der Waals surface area contributed by atoms with Gasteiger partial charge in [0.25, 0.3) is 0 Å². The van der Waals surface area contributed by atoms with Gasteiger partial charge in [-0.1, -0.05) is 12.8 Å². The fourth-order valence-electron chi connectivity index (χ4n) is 4.62. The van der Waals surface area contributed by atoms with Crippen molar-refractivity contribution < 1.29 is 9.59 Å². The number of piperidine rings is 1. The summed E-state index contributed by atoms with van der Waals surface area (Å²) in [7, 11) is 0. The second-order valence-corrected chi connectivity index (χ2v) is 7.49. The number of aromatic nitrogens is 2. The van der Waals surface area contributed by atoms with E-state index >= 15 is 0 Å². The Bertz CT molecular complexity index is 586. The molecule has 1 aromatic rings. The molecular weight excluding hydrogens is 304 g/mol. The molecule has 1 N–H and O–H groups in total. The van der Waals surface area contributed by atoms with Crippen molar-refractivity contribution in [3.8, 4) is 0 Å². The van der Waals surface area contributed by atoms with Crippen molar-refractivity contribution >= 4 is 11.8 Å². The van der Waals surface area contributed by atoms with Crippen LogP contribution < -0.4 is 0 Å². The zero-order valence-corrected chi connectivity index (χ0v) is 14.1. The number of likely N-dealkylation sites (tertiary alicyclic amines) is 2. The van der Waals surface area contributed by atoms with E-state index in [0.29, 0.717) is 24.9 Å². The molecule has 2 amide bonds. The summed E-state index contributed by atoms with van der Waals surface area (Å²) in [6, 6.07) is 0.390. The van der Waals surface area contributed by atoms with Gasteiger partial charge < -0.3 is 14.8 Å². The second kappa shape index (κ2) is 6.57. The maximum Gasteiger partial charge on any atom is 0.227 e. The first-order chi connectivity index (χ1) is 11.7. The smallest absolute Gasteiger partial charge is 0.227 e. The zero-order valence-electron chi connectivity index (χ0n) is 14.1. The summed E-state index contributed by atoms with van der Waals surface area (Å²) in [6.07, 6.45) is 10.6. The zero-order chi connectivity index (χ0) is 16.5. The first kappa shape index (κ1) is 15.7. The molecule has 3 fully saturated rings. The Morgan fingerprint density at radius 3 is 2.58 bits per heavy atom. The van der Waals surface area contributed by atoms with Gasteiger partial charge in [-0.15, -0.1) is 0 Å². The normalized spacial score (nSPS) is 26.5. The molecule has 0 bridgehead atoms. The van der Waals surface area contributed by atoms with Crippen molar-refractivity contribution in [2.24, 2.45) is 5.92 Å². The summed E-state index contributed by atoms with van der Waals surface area (Å²) >= 11 is 0. The number of amides is 2. The van der Waals surface area contributed by atoms with Crippen molar-refractivity contribution in [3.63, 3.8) is 0 Å². The molecule has 1 unspecified atom stereocenters. The number of carbonyl (C=O) groups is 2. The molecule has 1 atom stereocenters. The summed E-state index contributed by atoms with van der Waals surface area (Å²) in [5.41, 5.74) is 1.17. The second-order valence-electron chi connectivity index (χ2n) is 7.49. The van der Waals surface area contributed by atoms with E-state index in [-0.39, 0.29) is 17.7 Å². The minimum atomic E-state index is -0.123. The third-order valence-corrected chi connectivity index (χ3v) is 6.04. The number of hydrogen-bond donors (Lipinski definition) is 1. The first-order valence-corrected chi connectivity index (χ1v) is 9.29. The Balaban J connectivity index is 1.33. The molecule has 3 aliphatic rings. The van der Waals surface area contributed by atoms with Crippen LogP contribution in [0.4, 0.5) is 0 Å². The lowest BCUT2D eigenvalue weighted by molar-refractivity contribution is -0.136. The lowest BCUT2D eigenvalue weighted by Crippen LogP contribution is -2.42. The van der Waals surface area contributed by atoms with Crippen molar-refractivity contribution in [1.29, 1.82) is 0 Å². The van der Waals surface area contributed by atoms with Gasteiger partial charge in [0.15, 0.2) is 0 Å². The minimum absolute atomic E-state index is 0.123. The van der Waals surface area contributed by atoms with E-state index in [1.54, 1.807) is 6.33 Å². The van der Waals surface area contributed by atoms with Gasteiger partial charge >= 0.3 is 0 Å². The maximum absolute atomic E-state index is 12.8. The van der Waals surface area contributed by atoms with Crippen LogP contribution in [0.15, 0.2) is 12.5 Å². The van der Waals surface area contributed by atoms with Gasteiger partial charge in [0.05, 0.1) is 12.2 Å². The highest BCUT2D eigenvalue weighted by Crippen LogP contribution is 2.32. The summed E-state index contributed by atoms with van der Waals surface area (Å²) in [5.74, 6) is 0.720. The first-order valence-electron chi connectivity index (χ1n) is 9.29. The van der Waals surface area contributed by atoms with Crippen molar-refractivity contribution in [1.82, 2.24) is 19.8 Å². The van der Waals surface area contributed by atoms with Crippen LogP contribution in [-0.4, -0.2) is 57.3 Å². The molecule has 24 heavy (non-hydrogen) atoms. The lowest BCUT2D eigenvalue weighted by atomic mass is 9.93. The highest BCUT2D eigenvalue weighted by atomic mass is 16.2. The standard InChI is InChI=1S/C18H26N4O2/c23-17-9-14(11-22(17)15-3-1-2-4-15)18(24)21-7-5-13(6-8-21)16-10-19-12-20-16/h10,12-15H,1-9,11H2,(H,19,20). The van der Waals surface area contributed by atoms with E-state index < -0.39 is 0 Å². The Morgan fingerprint density at radius 1 is 1.17 bits per heavy atom. The Morgan fingerprint density at radius 2 is 1.92 bits per heavy atom. The van der Waals surface area contributed by atoms with Crippen molar-refractivity contribution in [2.45, 2.75) is 56.9 Å². The molecule has 1 saturated carbocycles. The molecule has 2 saturated heterocycles. The van der Waals surface area contributed by atoms with Crippen LogP contribution in [0.2, 0.25) is 0 Å². The topological polar surface area (TPSA) is 69.3 Å². The average Bonchev–Trinajstić information content (AvgIpc) is 3.35. The van der Waals surface area contributed by atoms with Gasteiger partial charge in [-0.05, 0) is 25.7 Å². The molecule has 0 aromatic carbocycles. The quantitative estimate of drug-likeness (QED) is 0.920. The molecule has 1 aromatic heterocycles. The molecular formula is C18H26N4O2. The van der Waals surface area contributed by atoms with E-state index in [1.807, 2.05) is 16.0 Å². The molecule has 6 heteroatoms. The van der Waals surface area contributed by atoms with E-state index in [0.717, 1.165) is 38.8 Å². The van der Waals surface area contributed by atoms with Crippen LogP contribution in [0.25, 0.3) is 0 Å². The number of H-pyrrole nitrogens is 1. The van der Waals surface area contributed by atoms with Gasteiger partial charge in [-0.25, -0.2) is 4.98 Å².